The summed E-state index contributed by atoms with van der Waals surface area (Å²) in [6, 6.07) is 1.96. The molecule has 1 heterocycles. The fourth-order valence-electron chi connectivity index (χ4n) is 1.61. The van der Waals surface area contributed by atoms with Gasteiger partial charge in [-0.3, -0.25) is 0 Å². The van der Waals surface area contributed by atoms with Crippen molar-refractivity contribution in [2.24, 2.45) is 0 Å². The van der Waals surface area contributed by atoms with Gasteiger partial charge in [0.25, 0.3) is 0 Å². The zero-order chi connectivity index (χ0) is 12.9. The van der Waals surface area contributed by atoms with E-state index in [0.29, 0.717) is 6.61 Å². The molecule has 4 nitrogen and oxygen atoms in total. The van der Waals surface area contributed by atoms with E-state index in [9.17, 15) is 0 Å². The number of aryl methyl sites for hydroxylation is 1. The summed E-state index contributed by atoms with van der Waals surface area (Å²) < 4.78 is 5.68. The molecule has 0 fully saturated rings. The maximum Gasteiger partial charge on any atom is 0.162 e. The van der Waals surface area contributed by atoms with Crippen molar-refractivity contribution in [3.63, 3.8) is 0 Å². The molecule has 0 amide bonds. The van der Waals surface area contributed by atoms with Crippen LogP contribution in [0.3, 0.4) is 0 Å². The maximum atomic E-state index is 5.68. The first kappa shape index (κ1) is 13.9. The third-order valence-electron chi connectivity index (χ3n) is 2.45. The number of hydrogen-bond acceptors (Lipinski definition) is 4. The number of aromatic nitrogens is 2. The van der Waals surface area contributed by atoms with Crippen LogP contribution in [0.15, 0.2) is 6.07 Å². The molecular weight excluding hydrogens is 214 g/mol. The van der Waals surface area contributed by atoms with E-state index >= 15 is 0 Å². The molecule has 1 rings (SSSR count). The van der Waals surface area contributed by atoms with Crippen molar-refractivity contribution < 1.29 is 4.74 Å². The molecule has 0 radical (unpaired) electrons. The van der Waals surface area contributed by atoms with Gasteiger partial charge in [-0.15, -0.1) is 0 Å². The lowest BCUT2D eigenvalue weighted by atomic mass is 10.1. The van der Waals surface area contributed by atoms with E-state index in [0.717, 1.165) is 30.3 Å². The average Bonchev–Trinajstić information content (AvgIpc) is 2.25. The Bertz CT molecular complexity index is 364. The Hall–Kier alpha value is -1.16. The number of rotatable bonds is 6. The average molecular weight is 237 g/mol. The molecule has 0 bridgehead atoms. The molecule has 0 atom stereocenters. The first-order chi connectivity index (χ1) is 7.99. The van der Waals surface area contributed by atoms with Crippen molar-refractivity contribution >= 4 is 5.82 Å². The van der Waals surface area contributed by atoms with Crippen LogP contribution in [0, 0.1) is 6.92 Å². The Morgan fingerprint density at radius 3 is 2.59 bits per heavy atom. The Labute approximate surface area is 104 Å². The van der Waals surface area contributed by atoms with Crippen molar-refractivity contribution in [3.05, 3.63) is 17.6 Å². The first-order valence-electron chi connectivity index (χ1n) is 6.23. The predicted molar refractivity (Wildman–Crippen MR) is 70.2 cm³/mol. The van der Waals surface area contributed by atoms with Gasteiger partial charge in [0.05, 0.1) is 0 Å². The second-order valence-electron chi connectivity index (χ2n) is 4.59. The molecule has 0 saturated carbocycles. The standard InChI is InChI=1S/C13H23N3O/c1-6-8-14-11-9-10(3)15-12(16-11)13(4,5)17-7-2/h9H,6-8H2,1-5H3,(H,14,15,16). The summed E-state index contributed by atoms with van der Waals surface area (Å²) in [6.07, 6.45) is 1.08. The lowest BCUT2D eigenvalue weighted by molar-refractivity contribution is -0.0208. The van der Waals surface area contributed by atoms with Crippen LogP contribution in [-0.4, -0.2) is 23.1 Å². The monoisotopic (exact) mass is 237 g/mol. The molecule has 0 unspecified atom stereocenters. The second kappa shape index (κ2) is 5.96. The minimum atomic E-state index is -0.441. The van der Waals surface area contributed by atoms with Crippen molar-refractivity contribution in [2.45, 2.75) is 46.6 Å². The van der Waals surface area contributed by atoms with Gasteiger partial charge in [-0.25, -0.2) is 9.97 Å². The molecule has 1 N–H and O–H groups in total. The molecule has 1 aromatic heterocycles. The van der Waals surface area contributed by atoms with Crippen LogP contribution >= 0.6 is 0 Å². The third kappa shape index (κ3) is 3.97. The van der Waals surface area contributed by atoms with Gasteiger partial charge in [0.2, 0.25) is 0 Å². The largest absolute Gasteiger partial charge is 0.370 e. The van der Waals surface area contributed by atoms with Crippen molar-refractivity contribution in [1.29, 1.82) is 0 Å². The molecule has 1 aromatic rings. The van der Waals surface area contributed by atoms with Gasteiger partial charge in [0.1, 0.15) is 11.4 Å². The van der Waals surface area contributed by atoms with Gasteiger partial charge in [0.15, 0.2) is 5.82 Å². The van der Waals surface area contributed by atoms with Gasteiger partial charge in [-0.2, -0.15) is 0 Å². The number of anilines is 1. The van der Waals surface area contributed by atoms with E-state index in [1.165, 1.54) is 0 Å². The Morgan fingerprint density at radius 2 is 2.00 bits per heavy atom. The normalized spacial score (nSPS) is 11.6. The van der Waals surface area contributed by atoms with Crippen LogP contribution in [0.25, 0.3) is 0 Å². The van der Waals surface area contributed by atoms with Gasteiger partial charge in [-0.1, -0.05) is 6.92 Å². The molecule has 4 heteroatoms. The van der Waals surface area contributed by atoms with Crippen LogP contribution in [0.1, 0.15) is 45.6 Å². The summed E-state index contributed by atoms with van der Waals surface area (Å²) in [5, 5.41) is 3.28. The molecule has 0 aliphatic heterocycles. The van der Waals surface area contributed by atoms with Crippen LogP contribution in [0.4, 0.5) is 5.82 Å². The minimum absolute atomic E-state index is 0.441. The zero-order valence-corrected chi connectivity index (χ0v) is 11.5. The highest BCUT2D eigenvalue weighted by molar-refractivity contribution is 5.36. The van der Waals surface area contributed by atoms with E-state index < -0.39 is 5.60 Å². The molecule has 0 aromatic carbocycles. The van der Waals surface area contributed by atoms with Crippen LogP contribution in [0.5, 0.6) is 0 Å². The summed E-state index contributed by atoms with van der Waals surface area (Å²) in [6.45, 7) is 11.7. The van der Waals surface area contributed by atoms with E-state index in [1.54, 1.807) is 0 Å². The molecule has 0 aliphatic rings. The van der Waals surface area contributed by atoms with Crippen molar-refractivity contribution in [1.82, 2.24) is 9.97 Å². The lowest BCUT2D eigenvalue weighted by Gasteiger charge is -2.23. The Balaban J connectivity index is 2.95. The van der Waals surface area contributed by atoms with Gasteiger partial charge >= 0.3 is 0 Å². The van der Waals surface area contributed by atoms with Crippen molar-refractivity contribution in [3.8, 4) is 0 Å². The quantitative estimate of drug-likeness (QED) is 0.826. The van der Waals surface area contributed by atoms with Crippen LogP contribution in [0.2, 0.25) is 0 Å². The van der Waals surface area contributed by atoms with Gasteiger partial charge < -0.3 is 10.1 Å². The van der Waals surface area contributed by atoms with E-state index in [-0.39, 0.29) is 0 Å². The highest BCUT2D eigenvalue weighted by Crippen LogP contribution is 2.22. The Kier molecular flexibility index (Phi) is 4.87. The fraction of sp³-hybridized carbons (Fsp3) is 0.692. The maximum absolute atomic E-state index is 5.68. The highest BCUT2D eigenvalue weighted by atomic mass is 16.5. The van der Waals surface area contributed by atoms with E-state index in [2.05, 4.69) is 22.2 Å². The molecule has 0 saturated heterocycles. The second-order valence-corrected chi connectivity index (χ2v) is 4.59. The minimum Gasteiger partial charge on any atom is -0.370 e. The van der Waals surface area contributed by atoms with Gasteiger partial charge in [-0.05, 0) is 34.1 Å². The molecule has 0 spiro atoms. The third-order valence-corrected chi connectivity index (χ3v) is 2.45. The van der Waals surface area contributed by atoms with Gasteiger partial charge in [0, 0.05) is 24.9 Å². The summed E-state index contributed by atoms with van der Waals surface area (Å²) in [7, 11) is 0. The number of nitrogens with zero attached hydrogens (tertiary/aromatic N) is 2. The SMILES string of the molecule is CCCNc1cc(C)nc(C(C)(C)OCC)n1. The summed E-state index contributed by atoms with van der Waals surface area (Å²) in [5.74, 6) is 1.61. The first-order valence-corrected chi connectivity index (χ1v) is 6.23. The fourth-order valence-corrected chi connectivity index (χ4v) is 1.61. The van der Waals surface area contributed by atoms with Crippen LogP contribution < -0.4 is 5.32 Å². The summed E-state index contributed by atoms with van der Waals surface area (Å²) >= 11 is 0. The van der Waals surface area contributed by atoms with Crippen LogP contribution in [-0.2, 0) is 10.3 Å². The molecule has 17 heavy (non-hydrogen) atoms. The lowest BCUT2D eigenvalue weighted by Crippen LogP contribution is -2.25. The topological polar surface area (TPSA) is 47.0 Å². The smallest absolute Gasteiger partial charge is 0.162 e. The summed E-state index contributed by atoms with van der Waals surface area (Å²) in [5.41, 5.74) is 0.519. The zero-order valence-electron chi connectivity index (χ0n) is 11.5. The molecular formula is C13H23N3O. The number of hydrogen-bond donors (Lipinski definition) is 1. The molecule has 0 aliphatic carbocycles. The number of nitrogens with one attached hydrogen (secondary N) is 1. The molecule has 96 valence electrons. The van der Waals surface area contributed by atoms with E-state index in [4.69, 9.17) is 4.74 Å². The van der Waals surface area contributed by atoms with E-state index in [1.807, 2.05) is 33.8 Å². The Morgan fingerprint density at radius 1 is 1.29 bits per heavy atom. The summed E-state index contributed by atoms with van der Waals surface area (Å²) in [4.78, 5) is 8.97. The van der Waals surface area contributed by atoms with Crippen molar-refractivity contribution in [2.75, 3.05) is 18.5 Å². The highest BCUT2D eigenvalue weighted by Gasteiger charge is 2.24. The number of ether oxygens (including phenoxy) is 1. The predicted octanol–water partition coefficient (Wildman–Crippen LogP) is 2.88.